The second-order valence-electron chi connectivity index (χ2n) is 5.56. The summed E-state index contributed by atoms with van der Waals surface area (Å²) in [4.78, 5) is 37.6. The van der Waals surface area contributed by atoms with Crippen LogP contribution < -0.4 is 10.6 Å². The lowest BCUT2D eigenvalue weighted by atomic mass is 10.1. The van der Waals surface area contributed by atoms with Gasteiger partial charge in [0.25, 0.3) is 0 Å². The number of nitrogens with zero attached hydrogens (tertiary/aromatic N) is 1. The molecule has 1 aromatic rings. The maximum atomic E-state index is 12.2. The fraction of sp³-hybridized carbons (Fsp3) is 0.412. The molecule has 2 amide bonds. The van der Waals surface area contributed by atoms with Gasteiger partial charge in [0.1, 0.15) is 18.4 Å². The number of carbonyl (C=O) groups is 3. The minimum Gasteiger partial charge on any atom is -0.465 e. The van der Waals surface area contributed by atoms with E-state index in [2.05, 4.69) is 10.6 Å². The Balaban J connectivity index is 1.93. The Morgan fingerprint density at radius 2 is 2.30 bits per heavy atom. The van der Waals surface area contributed by atoms with Crippen LogP contribution in [0.15, 0.2) is 28.9 Å². The molecule has 0 saturated carbocycles. The van der Waals surface area contributed by atoms with Gasteiger partial charge in [-0.1, -0.05) is 0 Å². The van der Waals surface area contributed by atoms with Crippen LogP contribution in [0.3, 0.4) is 0 Å². The van der Waals surface area contributed by atoms with Crippen molar-refractivity contribution < 1.29 is 28.3 Å². The molecule has 0 aliphatic carbocycles. The summed E-state index contributed by atoms with van der Waals surface area (Å²) >= 11 is 5.24. The van der Waals surface area contributed by atoms with Crippen LogP contribution in [0, 0.1) is 0 Å². The van der Waals surface area contributed by atoms with Crippen LogP contribution in [-0.2, 0) is 23.9 Å². The molecule has 27 heavy (non-hydrogen) atoms. The number of nitrogens with one attached hydrogen (secondary N) is 2. The maximum absolute atomic E-state index is 12.2. The molecule has 1 fully saturated rings. The van der Waals surface area contributed by atoms with Crippen LogP contribution in [0.2, 0.25) is 0 Å². The average molecular weight is 395 g/mol. The second-order valence-corrected chi connectivity index (χ2v) is 5.95. The van der Waals surface area contributed by atoms with E-state index >= 15 is 0 Å². The van der Waals surface area contributed by atoms with Crippen molar-refractivity contribution in [3.63, 3.8) is 0 Å². The van der Waals surface area contributed by atoms with Crippen LogP contribution in [0.25, 0.3) is 6.08 Å². The molecule has 2 N–H and O–H groups in total. The molecule has 2 rings (SSSR count). The SMILES string of the molecule is COCCOC(=O)CC1C(=O)NCCN1C(=S)NC(=O)C=Cc1ccco1. The molecule has 0 bridgehead atoms. The van der Waals surface area contributed by atoms with E-state index in [1.54, 1.807) is 12.1 Å². The summed E-state index contributed by atoms with van der Waals surface area (Å²) in [5.41, 5.74) is 0. The van der Waals surface area contributed by atoms with E-state index in [-0.39, 0.29) is 30.7 Å². The topological polar surface area (TPSA) is 110 Å². The minimum absolute atomic E-state index is 0.0636. The average Bonchev–Trinajstić information content (AvgIpc) is 3.15. The van der Waals surface area contributed by atoms with E-state index in [1.807, 2.05) is 0 Å². The molecule has 2 heterocycles. The molecule has 0 radical (unpaired) electrons. The molecule has 1 aromatic heterocycles. The predicted octanol–water partition coefficient (Wildman–Crippen LogP) is 0.0740. The molecule has 1 atom stereocenters. The largest absolute Gasteiger partial charge is 0.465 e. The number of thiocarbonyl (C=S) groups is 1. The van der Waals surface area contributed by atoms with Gasteiger partial charge in [-0.3, -0.25) is 19.7 Å². The number of ether oxygens (including phenoxy) is 2. The minimum atomic E-state index is -0.851. The van der Waals surface area contributed by atoms with Gasteiger partial charge in [-0.15, -0.1) is 0 Å². The summed E-state index contributed by atoms with van der Waals surface area (Å²) in [6.45, 7) is 1.08. The van der Waals surface area contributed by atoms with Crippen molar-refractivity contribution >= 4 is 41.2 Å². The van der Waals surface area contributed by atoms with Crippen molar-refractivity contribution in [2.45, 2.75) is 12.5 Å². The molecule has 1 saturated heterocycles. The monoisotopic (exact) mass is 395 g/mol. The summed E-state index contributed by atoms with van der Waals surface area (Å²) < 4.78 is 14.9. The smallest absolute Gasteiger partial charge is 0.308 e. The molecular weight excluding hydrogens is 374 g/mol. The van der Waals surface area contributed by atoms with Crippen molar-refractivity contribution in [2.24, 2.45) is 0 Å². The summed E-state index contributed by atoms with van der Waals surface area (Å²) in [5, 5.41) is 5.26. The Morgan fingerprint density at radius 3 is 3.00 bits per heavy atom. The molecule has 146 valence electrons. The first-order chi connectivity index (χ1) is 13.0. The quantitative estimate of drug-likeness (QED) is 0.289. The molecule has 1 aliphatic rings. The highest BCUT2D eigenvalue weighted by Gasteiger charge is 2.34. The van der Waals surface area contributed by atoms with Gasteiger partial charge in [-0.05, 0) is 30.4 Å². The standard InChI is InChI=1S/C17H21N3O6S/c1-24-9-10-26-15(22)11-13-16(23)18-6-7-20(13)17(27)19-14(21)5-4-12-3-2-8-25-12/h2-5,8,13H,6-7,9-11H2,1H3,(H,18,23)(H,19,21,27). The van der Waals surface area contributed by atoms with E-state index in [1.165, 1.54) is 30.4 Å². The van der Waals surface area contributed by atoms with Gasteiger partial charge in [-0.25, -0.2) is 0 Å². The Morgan fingerprint density at radius 1 is 1.48 bits per heavy atom. The molecule has 9 nitrogen and oxygen atoms in total. The van der Waals surface area contributed by atoms with E-state index in [4.69, 9.17) is 26.1 Å². The summed E-state index contributed by atoms with van der Waals surface area (Å²) in [6.07, 6.45) is 4.06. The normalized spacial score (nSPS) is 16.9. The van der Waals surface area contributed by atoms with Gasteiger partial charge >= 0.3 is 5.97 Å². The summed E-state index contributed by atoms with van der Waals surface area (Å²) in [5.74, 6) is -0.854. The lowest BCUT2D eigenvalue weighted by Crippen LogP contribution is -2.60. The fourth-order valence-corrected chi connectivity index (χ4v) is 2.70. The van der Waals surface area contributed by atoms with Crippen molar-refractivity contribution in [1.82, 2.24) is 15.5 Å². The number of rotatable bonds is 7. The summed E-state index contributed by atoms with van der Waals surface area (Å²) in [6, 6.07) is 2.54. The second kappa shape index (κ2) is 10.4. The number of amides is 2. The third kappa shape index (κ3) is 6.50. The van der Waals surface area contributed by atoms with E-state index in [9.17, 15) is 14.4 Å². The molecule has 1 unspecified atom stereocenters. The molecule has 0 spiro atoms. The molecule has 10 heteroatoms. The van der Waals surface area contributed by atoms with E-state index < -0.39 is 17.9 Å². The van der Waals surface area contributed by atoms with E-state index in [0.29, 0.717) is 18.8 Å². The third-order valence-corrected chi connectivity index (χ3v) is 4.01. The molecule has 1 aliphatic heterocycles. The maximum Gasteiger partial charge on any atom is 0.308 e. The molecule has 0 aromatic carbocycles. The zero-order valence-electron chi connectivity index (χ0n) is 14.8. The number of methoxy groups -OCH3 is 1. The zero-order valence-corrected chi connectivity index (χ0v) is 15.6. The zero-order chi connectivity index (χ0) is 19.6. The Hall–Kier alpha value is -2.72. The van der Waals surface area contributed by atoms with Gasteiger partial charge < -0.3 is 24.1 Å². The van der Waals surface area contributed by atoms with Crippen molar-refractivity contribution in [1.29, 1.82) is 0 Å². The van der Waals surface area contributed by atoms with Gasteiger partial charge in [0.2, 0.25) is 11.8 Å². The number of esters is 1. The van der Waals surface area contributed by atoms with Crippen LogP contribution in [0.4, 0.5) is 0 Å². The van der Waals surface area contributed by atoms with Gasteiger partial charge in [-0.2, -0.15) is 0 Å². The first kappa shape index (κ1) is 20.6. The first-order valence-corrected chi connectivity index (χ1v) is 8.67. The summed E-state index contributed by atoms with van der Waals surface area (Å²) in [7, 11) is 1.49. The van der Waals surface area contributed by atoms with E-state index in [0.717, 1.165) is 0 Å². The number of piperazine rings is 1. The van der Waals surface area contributed by atoms with Crippen LogP contribution in [-0.4, -0.2) is 67.3 Å². The van der Waals surface area contributed by atoms with Crippen LogP contribution >= 0.6 is 12.2 Å². The highest BCUT2D eigenvalue weighted by Crippen LogP contribution is 2.11. The lowest BCUT2D eigenvalue weighted by Gasteiger charge is -2.36. The number of hydrogen-bond donors (Lipinski definition) is 2. The van der Waals surface area contributed by atoms with Crippen LogP contribution in [0.1, 0.15) is 12.2 Å². The Labute approximate surface area is 161 Å². The highest BCUT2D eigenvalue weighted by molar-refractivity contribution is 7.80. The van der Waals surface area contributed by atoms with Crippen molar-refractivity contribution in [3.8, 4) is 0 Å². The van der Waals surface area contributed by atoms with Crippen LogP contribution in [0.5, 0.6) is 0 Å². The van der Waals surface area contributed by atoms with Crippen molar-refractivity contribution in [3.05, 3.63) is 30.2 Å². The first-order valence-electron chi connectivity index (χ1n) is 8.26. The number of hydrogen-bond acceptors (Lipinski definition) is 7. The number of furan rings is 1. The highest BCUT2D eigenvalue weighted by atomic mass is 32.1. The Kier molecular flexibility index (Phi) is 7.96. The third-order valence-electron chi connectivity index (χ3n) is 3.67. The van der Waals surface area contributed by atoms with Gasteiger partial charge in [0, 0.05) is 26.3 Å². The predicted molar refractivity (Wildman–Crippen MR) is 99.4 cm³/mol. The lowest BCUT2D eigenvalue weighted by molar-refractivity contribution is -0.148. The number of carbonyl (C=O) groups excluding carboxylic acids is 3. The van der Waals surface area contributed by atoms with Gasteiger partial charge in [0.05, 0.1) is 19.3 Å². The molecular formula is C17H21N3O6S. The van der Waals surface area contributed by atoms with Crippen molar-refractivity contribution in [2.75, 3.05) is 33.4 Å². The van der Waals surface area contributed by atoms with Gasteiger partial charge in [0.15, 0.2) is 5.11 Å². The fourth-order valence-electron chi connectivity index (χ4n) is 2.38. The Bertz CT molecular complexity index is 704.